The van der Waals surface area contributed by atoms with Gasteiger partial charge in [0.1, 0.15) is 5.82 Å². The number of benzene rings is 1. The third-order valence-electron chi connectivity index (χ3n) is 4.58. The van der Waals surface area contributed by atoms with Gasteiger partial charge in [-0.1, -0.05) is 12.1 Å². The summed E-state index contributed by atoms with van der Waals surface area (Å²) >= 11 is 0. The van der Waals surface area contributed by atoms with Crippen molar-refractivity contribution < 1.29 is 18.7 Å². The van der Waals surface area contributed by atoms with E-state index in [1.807, 2.05) is 0 Å². The van der Waals surface area contributed by atoms with Crippen molar-refractivity contribution in [2.75, 3.05) is 19.7 Å². The Morgan fingerprint density at radius 3 is 2.79 bits per heavy atom. The van der Waals surface area contributed by atoms with E-state index in [1.165, 1.54) is 6.07 Å². The molecule has 1 saturated heterocycles. The van der Waals surface area contributed by atoms with E-state index in [9.17, 15) is 14.0 Å². The van der Waals surface area contributed by atoms with Crippen LogP contribution in [0, 0.1) is 18.7 Å². The highest BCUT2D eigenvalue weighted by atomic mass is 19.1. The minimum Gasteiger partial charge on any atom is -0.367 e. The number of carbonyl (C=O) groups excluding carboxylic acids is 2. The molecule has 130 valence electrons. The average Bonchev–Trinajstić information content (AvgIpc) is 3.40. The Labute approximate surface area is 140 Å². The highest BCUT2D eigenvalue weighted by molar-refractivity contribution is 5.81. The minimum atomic E-state index is -0.767. The van der Waals surface area contributed by atoms with Crippen LogP contribution in [0.25, 0.3) is 0 Å². The number of hydrogen-bond donors (Lipinski definition) is 2. The number of carbonyl (C=O) groups is 2. The normalized spacial score (nSPS) is 22.1. The molecule has 0 unspecified atom stereocenters. The van der Waals surface area contributed by atoms with Gasteiger partial charge in [-0.3, -0.25) is 4.79 Å². The molecule has 1 heterocycles. The van der Waals surface area contributed by atoms with E-state index in [4.69, 9.17) is 10.5 Å². The molecule has 0 bridgehead atoms. The molecule has 1 saturated carbocycles. The van der Waals surface area contributed by atoms with Gasteiger partial charge in [-0.05, 0) is 42.9 Å². The van der Waals surface area contributed by atoms with Crippen LogP contribution in [0.3, 0.4) is 0 Å². The molecule has 1 aromatic rings. The largest absolute Gasteiger partial charge is 0.367 e. The number of urea groups is 1. The number of primary amides is 1. The Morgan fingerprint density at radius 1 is 1.42 bits per heavy atom. The van der Waals surface area contributed by atoms with Crippen molar-refractivity contribution in [3.8, 4) is 0 Å². The Morgan fingerprint density at radius 2 is 2.17 bits per heavy atom. The molecule has 1 aromatic carbocycles. The van der Waals surface area contributed by atoms with Crippen LogP contribution >= 0.6 is 0 Å². The first-order chi connectivity index (χ1) is 11.5. The number of amides is 3. The summed E-state index contributed by atoms with van der Waals surface area (Å²) in [5.41, 5.74) is 6.72. The van der Waals surface area contributed by atoms with Crippen molar-refractivity contribution in [3.63, 3.8) is 0 Å². The highest BCUT2D eigenvalue weighted by Crippen LogP contribution is 2.41. The maximum atomic E-state index is 13.5. The SMILES string of the molecule is Cc1cc([C@@H](NC(=O)N2CCO[C@H](C(N)=O)C2)C2CC2)ccc1F. The lowest BCUT2D eigenvalue weighted by molar-refractivity contribution is -0.133. The topological polar surface area (TPSA) is 84.7 Å². The molecule has 2 atom stereocenters. The van der Waals surface area contributed by atoms with Gasteiger partial charge in [0.05, 0.1) is 19.2 Å². The quantitative estimate of drug-likeness (QED) is 0.874. The lowest BCUT2D eigenvalue weighted by atomic mass is 10.0. The van der Waals surface area contributed by atoms with Gasteiger partial charge < -0.3 is 20.7 Å². The van der Waals surface area contributed by atoms with E-state index in [2.05, 4.69) is 5.32 Å². The van der Waals surface area contributed by atoms with E-state index in [1.54, 1.807) is 24.0 Å². The molecule has 0 spiro atoms. The molecular weight excluding hydrogens is 313 g/mol. The fourth-order valence-electron chi connectivity index (χ4n) is 2.99. The number of hydrogen-bond acceptors (Lipinski definition) is 3. The maximum Gasteiger partial charge on any atom is 0.318 e. The van der Waals surface area contributed by atoms with Gasteiger partial charge in [0.15, 0.2) is 6.10 Å². The molecule has 1 aliphatic carbocycles. The fourth-order valence-corrected chi connectivity index (χ4v) is 2.99. The average molecular weight is 335 g/mol. The fraction of sp³-hybridized carbons (Fsp3) is 0.529. The lowest BCUT2D eigenvalue weighted by Crippen LogP contribution is -2.53. The number of halogens is 1. The van der Waals surface area contributed by atoms with Gasteiger partial charge in [0, 0.05) is 6.54 Å². The van der Waals surface area contributed by atoms with Gasteiger partial charge in [-0.2, -0.15) is 0 Å². The first-order valence-corrected chi connectivity index (χ1v) is 8.18. The van der Waals surface area contributed by atoms with E-state index in [-0.39, 0.29) is 31.0 Å². The summed E-state index contributed by atoms with van der Waals surface area (Å²) in [5.74, 6) is -0.454. The number of ether oxygens (including phenoxy) is 1. The second-order valence-electron chi connectivity index (χ2n) is 6.48. The Bertz CT molecular complexity index is 648. The third kappa shape index (κ3) is 3.67. The van der Waals surface area contributed by atoms with E-state index in [0.29, 0.717) is 18.0 Å². The maximum absolute atomic E-state index is 13.5. The van der Waals surface area contributed by atoms with Gasteiger partial charge in [0.25, 0.3) is 0 Å². The molecule has 6 nitrogen and oxygen atoms in total. The van der Waals surface area contributed by atoms with Crippen molar-refractivity contribution in [3.05, 3.63) is 35.1 Å². The van der Waals surface area contributed by atoms with Crippen LogP contribution in [0.1, 0.15) is 30.0 Å². The van der Waals surface area contributed by atoms with Gasteiger partial charge >= 0.3 is 6.03 Å². The zero-order valence-electron chi connectivity index (χ0n) is 13.6. The second kappa shape index (κ2) is 6.76. The number of nitrogens with two attached hydrogens (primary N) is 1. The molecule has 7 heteroatoms. The van der Waals surface area contributed by atoms with Crippen molar-refractivity contribution in [1.29, 1.82) is 0 Å². The predicted molar refractivity (Wildman–Crippen MR) is 85.6 cm³/mol. The van der Waals surface area contributed by atoms with Crippen LogP contribution in [0.4, 0.5) is 9.18 Å². The first-order valence-electron chi connectivity index (χ1n) is 8.18. The molecule has 2 aliphatic rings. The summed E-state index contributed by atoms with van der Waals surface area (Å²) in [5, 5.41) is 3.03. The summed E-state index contributed by atoms with van der Waals surface area (Å²) in [6, 6.07) is 4.54. The molecule has 0 radical (unpaired) electrons. The van der Waals surface area contributed by atoms with Crippen molar-refractivity contribution in [1.82, 2.24) is 10.2 Å². The van der Waals surface area contributed by atoms with Gasteiger partial charge in [0.2, 0.25) is 5.91 Å². The molecule has 2 fully saturated rings. The van der Waals surface area contributed by atoms with Crippen LogP contribution in [0.5, 0.6) is 0 Å². The molecule has 24 heavy (non-hydrogen) atoms. The Balaban J connectivity index is 1.70. The number of nitrogens with one attached hydrogen (secondary N) is 1. The predicted octanol–water partition coefficient (Wildman–Crippen LogP) is 1.48. The number of rotatable bonds is 4. The zero-order chi connectivity index (χ0) is 17.3. The van der Waals surface area contributed by atoms with Crippen molar-refractivity contribution >= 4 is 11.9 Å². The standard InChI is InChI=1S/C17H22FN3O3/c1-10-8-12(4-5-13(10)18)15(11-2-3-11)20-17(23)21-6-7-24-14(9-21)16(19)22/h4-5,8,11,14-15H,2-3,6-7,9H2,1H3,(H2,19,22)(H,20,23)/t14-,15-/m0/s1. The van der Waals surface area contributed by atoms with Crippen LogP contribution in [0.2, 0.25) is 0 Å². The zero-order valence-corrected chi connectivity index (χ0v) is 13.6. The van der Waals surface area contributed by atoms with E-state index < -0.39 is 12.0 Å². The summed E-state index contributed by atoms with van der Waals surface area (Å²) in [4.78, 5) is 25.4. The van der Waals surface area contributed by atoms with Crippen LogP contribution in [0.15, 0.2) is 18.2 Å². The van der Waals surface area contributed by atoms with Crippen LogP contribution in [-0.4, -0.2) is 42.6 Å². The third-order valence-corrected chi connectivity index (χ3v) is 4.58. The molecule has 0 aromatic heterocycles. The molecule has 3 rings (SSSR count). The van der Waals surface area contributed by atoms with Gasteiger partial charge in [-0.25, -0.2) is 9.18 Å². The van der Waals surface area contributed by atoms with Crippen molar-refractivity contribution in [2.45, 2.75) is 31.9 Å². The van der Waals surface area contributed by atoms with Crippen LogP contribution in [-0.2, 0) is 9.53 Å². The Hall–Kier alpha value is -2.15. The summed E-state index contributed by atoms with van der Waals surface area (Å²) < 4.78 is 18.8. The van der Waals surface area contributed by atoms with Gasteiger partial charge in [-0.15, -0.1) is 0 Å². The summed E-state index contributed by atoms with van der Waals surface area (Å²) in [6.45, 7) is 2.56. The van der Waals surface area contributed by atoms with E-state index in [0.717, 1.165) is 18.4 Å². The molecular formula is C17H22FN3O3. The van der Waals surface area contributed by atoms with E-state index >= 15 is 0 Å². The second-order valence-corrected chi connectivity index (χ2v) is 6.48. The lowest BCUT2D eigenvalue weighted by Gasteiger charge is -2.33. The Kier molecular flexibility index (Phi) is 4.71. The highest BCUT2D eigenvalue weighted by Gasteiger charge is 2.36. The monoisotopic (exact) mass is 335 g/mol. The smallest absolute Gasteiger partial charge is 0.318 e. The summed E-state index contributed by atoms with van der Waals surface area (Å²) in [7, 11) is 0. The van der Waals surface area contributed by atoms with Crippen LogP contribution < -0.4 is 11.1 Å². The molecule has 1 aliphatic heterocycles. The van der Waals surface area contributed by atoms with Crippen molar-refractivity contribution in [2.24, 2.45) is 11.7 Å². The minimum absolute atomic E-state index is 0.147. The number of aryl methyl sites for hydroxylation is 1. The summed E-state index contributed by atoms with van der Waals surface area (Å²) in [6.07, 6.45) is 1.31. The molecule has 3 amide bonds. The number of nitrogens with zero attached hydrogens (tertiary/aromatic N) is 1. The number of morpholine rings is 1. The molecule has 3 N–H and O–H groups in total. The first kappa shape index (κ1) is 16.7.